The maximum absolute atomic E-state index is 13.5. The van der Waals surface area contributed by atoms with Crippen molar-refractivity contribution >= 4 is 34.8 Å². The minimum Gasteiger partial charge on any atom is -0.460 e. The number of halogens is 1. The van der Waals surface area contributed by atoms with Gasteiger partial charge in [-0.15, -0.1) is 6.58 Å². The first-order chi connectivity index (χ1) is 17.4. The molecular weight excluding hydrogens is 491 g/mol. The Labute approximate surface area is 224 Å². The molecule has 3 saturated carbocycles. The highest BCUT2D eigenvalue weighted by Gasteiger charge is 2.68. The first-order valence-electron chi connectivity index (χ1n) is 13.2. The predicted molar refractivity (Wildman–Crippen MR) is 145 cm³/mol. The molecule has 2 bridgehead atoms. The Morgan fingerprint density at radius 1 is 1.27 bits per heavy atom. The number of aliphatic hydroxyl groups is 1. The number of ketones is 1. The Morgan fingerprint density at radius 3 is 2.59 bits per heavy atom. The number of nitrogens with one attached hydrogen (secondary N) is 2. The molecular formula is C29H39FN2O4S. The molecule has 0 heterocycles. The van der Waals surface area contributed by atoms with Gasteiger partial charge in [-0.25, -0.2) is 4.39 Å². The molecule has 3 fully saturated rings. The van der Waals surface area contributed by atoms with E-state index >= 15 is 0 Å². The smallest absolute Gasteiger partial charge is 0.325 e. The first kappa shape index (κ1) is 27.7. The third-order valence-corrected chi connectivity index (χ3v) is 10.3. The molecule has 0 aliphatic heterocycles. The lowest BCUT2D eigenvalue weighted by Gasteiger charge is -2.61. The highest BCUT2D eigenvalue weighted by molar-refractivity contribution is 7.80. The van der Waals surface area contributed by atoms with Crippen molar-refractivity contribution in [2.75, 3.05) is 11.9 Å². The van der Waals surface area contributed by atoms with Crippen molar-refractivity contribution in [2.24, 2.45) is 34.0 Å². The predicted octanol–water partition coefficient (Wildman–Crippen LogP) is 5.02. The van der Waals surface area contributed by atoms with Gasteiger partial charge in [-0.2, -0.15) is 0 Å². The van der Waals surface area contributed by atoms with Gasteiger partial charge in [-0.3, -0.25) is 9.59 Å². The summed E-state index contributed by atoms with van der Waals surface area (Å²) in [5.41, 5.74) is -0.963. The second kappa shape index (κ2) is 10.1. The number of thiocarbonyl (C=S) groups is 1. The number of anilines is 1. The summed E-state index contributed by atoms with van der Waals surface area (Å²) in [6.07, 6.45) is 3.95. The van der Waals surface area contributed by atoms with E-state index in [9.17, 15) is 19.1 Å². The number of ether oxygens (including phenoxy) is 1. The van der Waals surface area contributed by atoms with Gasteiger partial charge < -0.3 is 20.5 Å². The van der Waals surface area contributed by atoms with Crippen molar-refractivity contribution < 1.29 is 23.8 Å². The molecule has 0 spiro atoms. The number of esters is 1. The van der Waals surface area contributed by atoms with Gasteiger partial charge in [0.2, 0.25) is 0 Å². The minimum absolute atomic E-state index is 0.0768. The van der Waals surface area contributed by atoms with Gasteiger partial charge in [-0.05, 0) is 79.4 Å². The molecule has 4 rings (SSSR count). The Balaban J connectivity index is 1.57. The highest BCUT2D eigenvalue weighted by Crippen LogP contribution is 2.67. The lowest BCUT2D eigenvalue weighted by molar-refractivity contribution is -0.206. The fourth-order valence-electron chi connectivity index (χ4n) is 7.56. The van der Waals surface area contributed by atoms with Crippen molar-refractivity contribution in [3.63, 3.8) is 0 Å². The molecule has 0 amide bonds. The number of hydrogen-bond donors (Lipinski definition) is 3. The van der Waals surface area contributed by atoms with E-state index in [0.29, 0.717) is 18.5 Å². The number of carbonyl (C=O) groups is 2. The second-order valence-corrected chi connectivity index (χ2v) is 12.3. The molecule has 3 aliphatic rings. The number of carbonyl (C=O) groups excluding carboxylic acids is 2. The maximum atomic E-state index is 13.5. The van der Waals surface area contributed by atoms with Crippen LogP contribution in [-0.4, -0.2) is 40.7 Å². The van der Waals surface area contributed by atoms with Crippen molar-refractivity contribution in [2.45, 2.75) is 72.0 Å². The van der Waals surface area contributed by atoms with Crippen molar-refractivity contribution in [3.05, 3.63) is 42.7 Å². The zero-order valence-corrected chi connectivity index (χ0v) is 23.0. The number of benzene rings is 1. The van der Waals surface area contributed by atoms with Crippen LogP contribution in [0, 0.1) is 39.8 Å². The summed E-state index contributed by atoms with van der Waals surface area (Å²) in [5.74, 6) is -0.802. The average Bonchev–Trinajstić information content (AvgIpc) is 3.22. The summed E-state index contributed by atoms with van der Waals surface area (Å²) in [4.78, 5) is 26.6. The highest BCUT2D eigenvalue weighted by atomic mass is 32.1. The van der Waals surface area contributed by atoms with Crippen LogP contribution in [0.1, 0.15) is 59.8 Å². The lowest BCUT2D eigenvalue weighted by Crippen LogP contribution is -2.63. The standard InChI is InChI=1S/C29H39FN2O4S/c1-6-27(4)15-22(36-23(34)16-31-26(37)32-20-9-7-19(30)8-10-20)28(5)17(2)11-13-29(18(3)25(27)35)14-12-21(33)24(28)29/h6-10,17-18,22,24-25,35H,1,11-16H2,2-5H3,(H2,31,32,37)/t17-,18+,22-,24+,25+,27-,28+,29+/m1/s1. The van der Waals surface area contributed by atoms with E-state index in [2.05, 4.69) is 38.0 Å². The Morgan fingerprint density at radius 2 is 1.95 bits per heavy atom. The Kier molecular flexibility index (Phi) is 7.56. The van der Waals surface area contributed by atoms with Gasteiger partial charge in [-0.1, -0.05) is 33.8 Å². The van der Waals surface area contributed by atoms with Crippen LogP contribution in [0.3, 0.4) is 0 Å². The Hall–Kier alpha value is -2.32. The Bertz CT molecular complexity index is 1080. The van der Waals surface area contributed by atoms with Crippen LogP contribution in [0.4, 0.5) is 10.1 Å². The molecule has 6 nitrogen and oxygen atoms in total. The summed E-state index contributed by atoms with van der Waals surface area (Å²) in [5, 5.41) is 17.6. The molecule has 37 heavy (non-hydrogen) atoms. The maximum Gasteiger partial charge on any atom is 0.325 e. The van der Waals surface area contributed by atoms with Crippen LogP contribution in [0.5, 0.6) is 0 Å². The van der Waals surface area contributed by atoms with Gasteiger partial charge >= 0.3 is 5.97 Å². The molecule has 202 valence electrons. The van der Waals surface area contributed by atoms with Crippen molar-refractivity contribution in [1.29, 1.82) is 0 Å². The van der Waals surface area contributed by atoms with Crippen LogP contribution in [0.2, 0.25) is 0 Å². The van der Waals surface area contributed by atoms with Gasteiger partial charge in [0.05, 0.1) is 6.10 Å². The van der Waals surface area contributed by atoms with E-state index in [1.54, 1.807) is 18.2 Å². The summed E-state index contributed by atoms with van der Waals surface area (Å²) in [6.45, 7) is 12.2. The van der Waals surface area contributed by atoms with E-state index in [1.807, 2.05) is 6.92 Å². The van der Waals surface area contributed by atoms with Gasteiger partial charge in [0.25, 0.3) is 0 Å². The largest absolute Gasteiger partial charge is 0.460 e. The molecule has 1 aromatic carbocycles. The monoisotopic (exact) mass is 530 g/mol. The van der Waals surface area contributed by atoms with Gasteiger partial charge in [0.15, 0.2) is 5.11 Å². The lowest BCUT2D eigenvalue weighted by atomic mass is 9.44. The van der Waals surface area contributed by atoms with Crippen molar-refractivity contribution in [3.8, 4) is 0 Å². The summed E-state index contributed by atoms with van der Waals surface area (Å²) in [7, 11) is 0. The average molecular weight is 531 g/mol. The molecule has 3 aliphatic carbocycles. The molecule has 3 N–H and O–H groups in total. The molecule has 1 aromatic rings. The minimum atomic E-state index is -0.705. The van der Waals surface area contributed by atoms with Crippen LogP contribution >= 0.6 is 12.2 Å². The van der Waals surface area contributed by atoms with E-state index < -0.39 is 29.0 Å². The first-order valence-corrected chi connectivity index (χ1v) is 13.6. The zero-order chi connectivity index (χ0) is 27.2. The van der Waals surface area contributed by atoms with E-state index in [4.69, 9.17) is 17.0 Å². The quantitative estimate of drug-likeness (QED) is 0.280. The molecule has 0 saturated heterocycles. The summed E-state index contributed by atoms with van der Waals surface area (Å²) < 4.78 is 19.3. The van der Waals surface area contributed by atoms with Crippen LogP contribution in [0.15, 0.2) is 36.9 Å². The molecule has 8 atom stereocenters. The van der Waals surface area contributed by atoms with E-state index in [0.717, 1.165) is 19.3 Å². The fourth-order valence-corrected chi connectivity index (χ4v) is 7.75. The van der Waals surface area contributed by atoms with Crippen molar-refractivity contribution in [1.82, 2.24) is 5.32 Å². The number of rotatable bonds is 5. The van der Waals surface area contributed by atoms with Crippen LogP contribution < -0.4 is 10.6 Å². The normalized spacial score (nSPS) is 39.1. The molecule has 0 aromatic heterocycles. The molecule has 0 unspecified atom stereocenters. The van der Waals surface area contributed by atoms with Gasteiger partial charge in [0, 0.05) is 28.9 Å². The third-order valence-electron chi connectivity index (χ3n) is 10.1. The SMILES string of the molecule is C=C[C@]1(C)C[C@@H](OC(=O)CNC(=S)Nc2ccc(F)cc2)[C@]2(C)[C@H](C)CC[C@]3(CCC(=O)[C@H]32)[C@@H](C)[C@@H]1O. The van der Waals surface area contributed by atoms with E-state index in [-0.39, 0.29) is 46.4 Å². The molecule has 8 heteroatoms. The van der Waals surface area contributed by atoms with Crippen LogP contribution in [-0.2, 0) is 14.3 Å². The number of aliphatic hydroxyl groups excluding tert-OH is 1. The summed E-state index contributed by atoms with van der Waals surface area (Å²) in [6, 6.07) is 5.73. The van der Waals surface area contributed by atoms with Gasteiger partial charge in [0.1, 0.15) is 24.2 Å². The third kappa shape index (κ3) is 4.71. The molecule has 0 radical (unpaired) electrons. The number of Topliss-reactive ketones (excluding diaryl/α,β-unsaturated/α-hetero) is 1. The summed E-state index contributed by atoms with van der Waals surface area (Å²) >= 11 is 5.29. The zero-order valence-electron chi connectivity index (χ0n) is 22.2. The second-order valence-electron chi connectivity index (χ2n) is 11.9. The van der Waals surface area contributed by atoms with E-state index in [1.165, 1.54) is 12.1 Å². The fraction of sp³-hybridized carbons (Fsp3) is 0.621. The van der Waals surface area contributed by atoms with Crippen LogP contribution in [0.25, 0.3) is 0 Å². The number of hydrogen-bond acceptors (Lipinski definition) is 5. The topological polar surface area (TPSA) is 87.7 Å².